The third kappa shape index (κ3) is 3.19. The normalized spacial score (nSPS) is 15.9. The first-order valence-electron chi connectivity index (χ1n) is 9.69. The van der Waals surface area contributed by atoms with E-state index in [1.54, 1.807) is 6.20 Å². The Morgan fingerprint density at radius 2 is 1.96 bits per heavy atom. The van der Waals surface area contributed by atoms with Crippen LogP contribution in [0.25, 0.3) is 11.5 Å². The molecular formula is C20H23N7. The number of nitrogens with zero attached hydrogens (tertiary/aromatic N) is 4. The van der Waals surface area contributed by atoms with Gasteiger partial charge in [0.1, 0.15) is 11.5 Å². The van der Waals surface area contributed by atoms with Crippen LogP contribution in [0.2, 0.25) is 0 Å². The summed E-state index contributed by atoms with van der Waals surface area (Å²) < 4.78 is 0. The van der Waals surface area contributed by atoms with E-state index in [9.17, 15) is 0 Å². The summed E-state index contributed by atoms with van der Waals surface area (Å²) in [6, 6.07) is 5.84. The number of aryl methyl sites for hydroxylation is 1. The van der Waals surface area contributed by atoms with Gasteiger partial charge >= 0.3 is 0 Å². The average molecular weight is 361 g/mol. The van der Waals surface area contributed by atoms with Gasteiger partial charge in [0.2, 0.25) is 0 Å². The van der Waals surface area contributed by atoms with Crippen molar-refractivity contribution in [3.8, 4) is 11.5 Å². The summed E-state index contributed by atoms with van der Waals surface area (Å²) in [6.07, 6.45) is 7.07. The van der Waals surface area contributed by atoms with Gasteiger partial charge in [-0.1, -0.05) is 6.07 Å². The van der Waals surface area contributed by atoms with Gasteiger partial charge in [0.05, 0.1) is 17.9 Å². The number of pyridine rings is 1. The summed E-state index contributed by atoms with van der Waals surface area (Å²) in [5.74, 6) is 1.60. The van der Waals surface area contributed by atoms with E-state index in [-0.39, 0.29) is 0 Å². The van der Waals surface area contributed by atoms with E-state index in [0.717, 1.165) is 61.7 Å². The predicted molar refractivity (Wildman–Crippen MR) is 103 cm³/mol. The van der Waals surface area contributed by atoms with Crippen molar-refractivity contribution in [3.05, 3.63) is 52.6 Å². The maximum atomic E-state index is 4.84. The maximum absolute atomic E-state index is 4.84. The largest absolute Gasteiger partial charge is 0.364 e. The second-order valence-electron chi connectivity index (χ2n) is 7.12. The SMILES string of the molecule is c1ccc(-c2nc3c(c(NCc4n[nH]c5c4CCC5)n2)CCNCC3)nc1. The third-order valence-corrected chi connectivity index (χ3v) is 5.39. The topological polar surface area (TPSA) is 91.4 Å². The van der Waals surface area contributed by atoms with Crippen LogP contribution in [0.5, 0.6) is 0 Å². The van der Waals surface area contributed by atoms with Crippen LogP contribution in [0, 0.1) is 0 Å². The van der Waals surface area contributed by atoms with E-state index < -0.39 is 0 Å². The summed E-state index contributed by atoms with van der Waals surface area (Å²) in [5, 5.41) is 14.7. The molecule has 0 radical (unpaired) electrons. The number of aromatic amines is 1. The van der Waals surface area contributed by atoms with E-state index in [4.69, 9.17) is 9.97 Å². The quantitative estimate of drug-likeness (QED) is 0.659. The first-order valence-corrected chi connectivity index (χ1v) is 9.69. The second kappa shape index (κ2) is 7.08. The number of hydrogen-bond acceptors (Lipinski definition) is 6. The Hall–Kier alpha value is -2.80. The highest BCUT2D eigenvalue weighted by Gasteiger charge is 2.21. The number of rotatable bonds is 4. The number of hydrogen-bond donors (Lipinski definition) is 3. The summed E-state index contributed by atoms with van der Waals surface area (Å²) in [6.45, 7) is 2.58. The lowest BCUT2D eigenvalue weighted by Crippen LogP contribution is -2.16. The average Bonchev–Trinajstić information content (AvgIpc) is 3.24. The third-order valence-electron chi connectivity index (χ3n) is 5.39. The molecule has 0 spiro atoms. The summed E-state index contributed by atoms with van der Waals surface area (Å²) in [5.41, 5.74) is 6.93. The van der Waals surface area contributed by atoms with Crippen molar-refractivity contribution in [2.24, 2.45) is 0 Å². The lowest BCUT2D eigenvalue weighted by molar-refractivity contribution is 0.708. The molecule has 27 heavy (non-hydrogen) atoms. The van der Waals surface area contributed by atoms with Crippen LogP contribution in [-0.2, 0) is 32.2 Å². The summed E-state index contributed by atoms with van der Waals surface area (Å²) >= 11 is 0. The zero-order valence-corrected chi connectivity index (χ0v) is 15.3. The van der Waals surface area contributed by atoms with Gasteiger partial charge in [0.25, 0.3) is 0 Å². The maximum Gasteiger partial charge on any atom is 0.180 e. The molecule has 0 bridgehead atoms. The standard InChI is InChI=1S/C20H23N7/c1-2-9-22-17(5-1)20-24-15-8-11-21-10-7-14(15)19(25-20)23-12-18-13-4-3-6-16(13)26-27-18/h1-2,5,9,21H,3-4,6-8,10-12H2,(H,26,27)(H,23,24,25). The molecule has 0 saturated heterocycles. The molecule has 3 N–H and O–H groups in total. The number of anilines is 1. The minimum absolute atomic E-state index is 0.685. The highest BCUT2D eigenvalue weighted by Crippen LogP contribution is 2.26. The fraction of sp³-hybridized carbons (Fsp3) is 0.400. The van der Waals surface area contributed by atoms with E-state index in [0.29, 0.717) is 12.4 Å². The van der Waals surface area contributed by atoms with Gasteiger partial charge < -0.3 is 10.6 Å². The van der Waals surface area contributed by atoms with Crippen molar-refractivity contribution >= 4 is 5.82 Å². The Morgan fingerprint density at radius 3 is 2.89 bits per heavy atom. The van der Waals surface area contributed by atoms with Crippen LogP contribution in [0.1, 0.15) is 34.6 Å². The molecule has 0 amide bonds. The molecule has 7 heteroatoms. The van der Waals surface area contributed by atoms with Crippen molar-refractivity contribution in [1.82, 2.24) is 30.5 Å². The zero-order valence-electron chi connectivity index (χ0n) is 15.3. The fourth-order valence-electron chi connectivity index (χ4n) is 4.00. The van der Waals surface area contributed by atoms with E-state index in [1.165, 1.54) is 23.2 Å². The molecule has 0 aromatic carbocycles. The van der Waals surface area contributed by atoms with Crippen molar-refractivity contribution in [2.45, 2.75) is 38.6 Å². The van der Waals surface area contributed by atoms with E-state index in [2.05, 4.69) is 25.8 Å². The zero-order chi connectivity index (χ0) is 18.1. The molecule has 2 aliphatic rings. The van der Waals surface area contributed by atoms with Crippen LogP contribution in [-0.4, -0.2) is 38.2 Å². The van der Waals surface area contributed by atoms with Crippen LogP contribution < -0.4 is 10.6 Å². The predicted octanol–water partition coefficient (Wildman–Crippen LogP) is 2.05. The molecule has 1 aliphatic carbocycles. The molecular weight excluding hydrogens is 338 g/mol. The molecule has 138 valence electrons. The lowest BCUT2D eigenvalue weighted by atomic mass is 10.1. The first kappa shape index (κ1) is 16.4. The van der Waals surface area contributed by atoms with E-state index >= 15 is 0 Å². The Balaban J connectivity index is 1.49. The van der Waals surface area contributed by atoms with Crippen molar-refractivity contribution in [2.75, 3.05) is 18.4 Å². The molecule has 0 atom stereocenters. The van der Waals surface area contributed by atoms with Crippen molar-refractivity contribution < 1.29 is 0 Å². The minimum atomic E-state index is 0.685. The highest BCUT2D eigenvalue weighted by atomic mass is 15.1. The molecule has 0 fully saturated rings. The van der Waals surface area contributed by atoms with Gasteiger partial charge in [0.15, 0.2) is 5.82 Å². The highest BCUT2D eigenvalue weighted by molar-refractivity contribution is 5.57. The number of fused-ring (bicyclic) bond motifs is 2. The van der Waals surface area contributed by atoms with Gasteiger partial charge in [-0.3, -0.25) is 10.1 Å². The van der Waals surface area contributed by atoms with Crippen LogP contribution in [0.3, 0.4) is 0 Å². The molecule has 4 heterocycles. The second-order valence-corrected chi connectivity index (χ2v) is 7.12. The number of nitrogens with one attached hydrogen (secondary N) is 3. The molecule has 3 aromatic heterocycles. The molecule has 7 nitrogen and oxygen atoms in total. The van der Waals surface area contributed by atoms with Gasteiger partial charge in [-0.2, -0.15) is 5.10 Å². The van der Waals surface area contributed by atoms with Gasteiger partial charge in [-0.15, -0.1) is 0 Å². The minimum Gasteiger partial charge on any atom is -0.364 e. The molecule has 0 saturated carbocycles. The Labute approximate surface area is 158 Å². The Kier molecular flexibility index (Phi) is 4.29. The van der Waals surface area contributed by atoms with Gasteiger partial charge in [-0.05, 0) is 49.9 Å². The molecule has 0 unspecified atom stereocenters. The van der Waals surface area contributed by atoms with Crippen molar-refractivity contribution in [1.29, 1.82) is 0 Å². The van der Waals surface area contributed by atoms with E-state index in [1.807, 2.05) is 18.2 Å². The first-order chi connectivity index (χ1) is 13.4. The smallest absolute Gasteiger partial charge is 0.180 e. The van der Waals surface area contributed by atoms with Crippen molar-refractivity contribution in [3.63, 3.8) is 0 Å². The van der Waals surface area contributed by atoms with Crippen LogP contribution >= 0.6 is 0 Å². The van der Waals surface area contributed by atoms with Crippen LogP contribution in [0.4, 0.5) is 5.82 Å². The number of H-pyrrole nitrogens is 1. The number of aromatic nitrogens is 5. The Bertz CT molecular complexity index is 948. The summed E-state index contributed by atoms with van der Waals surface area (Å²) in [4.78, 5) is 14.1. The van der Waals surface area contributed by atoms with Gasteiger partial charge in [0, 0.05) is 30.4 Å². The fourth-order valence-corrected chi connectivity index (χ4v) is 4.00. The molecule has 1 aliphatic heterocycles. The van der Waals surface area contributed by atoms with Crippen LogP contribution in [0.15, 0.2) is 24.4 Å². The summed E-state index contributed by atoms with van der Waals surface area (Å²) in [7, 11) is 0. The monoisotopic (exact) mass is 361 g/mol. The van der Waals surface area contributed by atoms with Gasteiger partial charge in [-0.25, -0.2) is 9.97 Å². The molecule has 5 rings (SSSR count). The molecule has 3 aromatic rings. The lowest BCUT2D eigenvalue weighted by Gasteiger charge is -2.14. The Morgan fingerprint density at radius 1 is 1.00 bits per heavy atom.